The number of anilines is 5. The number of nitrogens with one attached hydrogen (secondary N) is 1. The van der Waals surface area contributed by atoms with Gasteiger partial charge in [0, 0.05) is 132 Å². The average molecular weight is 1880 g/mol. The lowest BCUT2D eigenvalue weighted by Crippen LogP contribution is -2.32. The molecule has 0 aromatic heterocycles. The number of halogens is 6. The van der Waals surface area contributed by atoms with Gasteiger partial charge in [0.2, 0.25) is 5.91 Å². The molecule has 0 bridgehead atoms. The number of carbonyl (C=O) groups is 4. The van der Waals surface area contributed by atoms with E-state index in [1.807, 2.05) is 54.8 Å². The van der Waals surface area contributed by atoms with E-state index in [0.717, 1.165) is 67.0 Å². The van der Waals surface area contributed by atoms with Crippen LogP contribution in [0.2, 0.25) is 20.1 Å². The first-order chi connectivity index (χ1) is 57.6. The number of azo groups is 4. The number of nitrogens with zero attached hydrogens (tertiary/aromatic N) is 19. The van der Waals surface area contributed by atoms with Crippen LogP contribution in [0.15, 0.2) is 183 Å². The highest BCUT2D eigenvalue weighted by Crippen LogP contribution is 2.45. The molecule has 0 heterocycles. The van der Waals surface area contributed by atoms with Crippen LogP contribution in [0, 0.1) is 73.2 Å². The number of hydrogen-bond acceptors (Lipinski definition) is 33. The van der Waals surface area contributed by atoms with Crippen LogP contribution in [0.4, 0.5) is 102 Å². The smallest absolute Gasteiger partial charge is 0.305 e. The molecule has 0 fully saturated rings. The Morgan fingerprint density at radius 3 is 1.26 bits per heavy atom. The number of carbonyl (C=O) groups excluding carboxylic acids is 4. The highest BCUT2D eigenvalue weighted by atomic mass is 79.9. The third-order valence-electron chi connectivity index (χ3n) is 16.1. The lowest BCUT2D eigenvalue weighted by Gasteiger charge is -2.25. The summed E-state index contributed by atoms with van der Waals surface area (Å²) >= 11 is 30.7. The van der Waals surface area contributed by atoms with Crippen LogP contribution in [0.3, 0.4) is 0 Å². The largest absolute Gasteiger partial charge is 0.494 e. The number of non-ortho nitro benzene ring substituents is 4. The molecule has 0 aliphatic carbocycles. The number of nitro benzene ring substituents is 5. The molecule has 636 valence electrons. The van der Waals surface area contributed by atoms with Gasteiger partial charge in [-0.25, -0.2) is 0 Å². The van der Waals surface area contributed by atoms with Gasteiger partial charge in [0.15, 0.2) is 5.69 Å². The number of esters is 3. The van der Waals surface area contributed by atoms with E-state index in [9.17, 15) is 69.7 Å². The van der Waals surface area contributed by atoms with Crippen molar-refractivity contribution in [3.63, 3.8) is 0 Å². The summed E-state index contributed by atoms with van der Waals surface area (Å²) in [4.78, 5) is 104. The molecule has 8 aromatic rings. The van der Waals surface area contributed by atoms with Crippen molar-refractivity contribution < 1.29 is 67.5 Å². The van der Waals surface area contributed by atoms with Crippen LogP contribution in [-0.4, -0.2) is 135 Å². The highest BCUT2D eigenvalue weighted by Gasteiger charge is 2.26. The van der Waals surface area contributed by atoms with Crippen molar-refractivity contribution in [3.05, 3.63) is 213 Å². The molecule has 121 heavy (non-hydrogen) atoms. The van der Waals surface area contributed by atoms with Crippen LogP contribution in [0.5, 0.6) is 11.5 Å². The summed E-state index contributed by atoms with van der Waals surface area (Å²) in [5, 5.41) is 107. The molecule has 0 aliphatic rings. The summed E-state index contributed by atoms with van der Waals surface area (Å²) in [6, 6.07) is 37.6. The van der Waals surface area contributed by atoms with Gasteiger partial charge in [-0.3, -0.25) is 69.7 Å². The van der Waals surface area contributed by atoms with Gasteiger partial charge < -0.3 is 48.6 Å². The first kappa shape index (κ1) is 98.5. The second-order valence-electron chi connectivity index (χ2n) is 24.2. The molecule has 0 aliphatic heterocycles. The summed E-state index contributed by atoms with van der Waals surface area (Å²) in [6.45, 7) is 16.2. The Morgan fingerprint density at radius 1 is 0.421 bits per heavy atom. The summed E-state index contributed by atoms with van der Waals surface area (Å²) < 4.78 is 26.8. The predicted octanol–water partition coefficient (Wildman–Crippen LogP) is 21.9. The Balaban J connectivity index is 0.000000288. The Labute approximate surface area is 728 Å². The third-order valence-corrected chi connectivity index (χ3v) is 18.5. The lowest BCUT2D eigenvalue weighted by atomic mass is 10.2. The van der Waals surface area contributed by atoms with E-state index in [2.05, 4.69) is 100 Å². The molecule has 8 aromatic carbocycles. The maximum atomic E-state index is 11.8. The van der Waals surface area contributed by atoms with E-state index in [0.29, 0.717) is 100 Å². The number of amides is 1. The zero-order valence-electron chi connectivity index (χ0n) is 65.9. The van der Waals surface area contributed by atoms with E-state index in [1.54, 1.807) is 54.6 Å². The molecule has 39 nitrogen and oxygen atoms in total. The van der Waals surface area contributed by atoms with Crippen LogP contribution in [-0.2, 0) is 33.4 Å². The molecule has 0 atom stereocenters. The van der Waals surface area contributed by atoms with E-state index in [-0.39, 0.29) is 91.6 Å². The number of nitro groups is 5. The maximum absolute atomic E-state index is 11.8. The maximum Gasteiger partial charge on any atom is 0.305 e. The number of ether oxygens (including phenoxy) is 5. The van der Waals surface area contributed by atoms with Crippen molar-refractivity contribution >= 4 is 204 Å². The minimum Gasteiger partial charge on any atom is -0.494 e. The fraction of sp³-hybridized carbons (Fsp3) is 0.289. The standard InChI is InChI=1S/C22H24ClN5O7.C19H17Cl2N5O4.C18H20ClN5O6.C17H15Br2N5O2/c1-14(29)24-22-13-17(27(8-10-34-15(2)30)9-11-35-16(3)31)4-7-21(22)26-25-20-6-5-18(28(32)33)12-19(20)23;1-13(27)30-10-9-25(8-2-7-22)15-5-3-14(4-6-15)23-24-19-17(20)11-16(26(28)29)12-18(19)21;1-5-22(6-2)14-10-16(29-3)13(9-17(14)30-4)20-21-18-12(19)7-11(23(25)26)8-15(18)24(27)28;1-2-23(9-3-8-20)13-6-4-12(5-7-13)21-22-17-15(18)10-14(24(25)26)11-16(17)19/h4-7,12-13H,8-11H2,1-3H3,(H,24,29);3-6,11-12H,2,8-10H2,1H3;7-10H,5-6H2,1-4H3;4-7,10-11H,2-3,9H2,1H3. The number of hydrogen-bond donors (Lipinski definition) is 1. The Morgan fingerprint density at radius 2 is 0.818 bits per heavy atom. The first-order valence-corrected chi connectivity index (χ1v) is 38.7. The second-order valence-corrected chi connectivity index (χ2v) is 27.5. The molecular weight excluding hydrogens is 1800 g/mol. The van der Waals surface area contributed by atoms with E-state index < -0.39 is 47.9 Å². The first-order valence-electron chi connectivity index (χ1n) is 35.6. The normalized spacial score (nSPS) is 10.7. The lowest BCUT2D eigenvalue weighted by molar-refractivity contribution is -0.393. The van der Waals surface area contributed by atoms with Crippen molar-refractivity contribution in [3.8, 4) is 23.6 Å². The van der Waals surface area contributed by atoms with Gasteiger partial charge in [-0.05, 0) is 125 Å². The van der Waals surface area contributed by atoms with Crippen molar-refractivity contribution in [1.82, 2.24) is 0 Å². The predicted molar refractivity (Wildman–Crippen MR) is 461 cm³/mol. The number of benzene rings is 8. The molecule has 0 saturated carbocycles. The monoisotopic (exact) mass is 1870 g/mol. The third kappa shape index (κ3) is 31.6. The number of rotatable bonds is 36. The average Bonchev–Trinajstić information content (AvgIpc) is 0.795. The Hall–Kier alpha value is -13.1. The Bertz CT molecular complexity index is 5210. The Kier molecular flexibility index (Phi) is 40.7. The molecular formula is C76H76Br2Cl4N20O19. The van der Waals surface area contributed by atoms with Crippen LogP contribution in [0.1, 0.15) is 61.3 Å². The topological polar surface area (TPSA) is 502 Å². The van der Waals surface area contributed by atoms with Crippen LogP contribution >= 0.6 is 78.3 Å². The number of nitriles is 2. The van der Waals surface area contributed by atoms with Crippen LogP contribution < -0.4 is 34.4 Å². The zero-order valence-corrected chi connectivity index (χ0v) is 72.1. The van der Waals surface area contributed by atoms with E-state index >= 15 is 0 Å². The van der Waals surface area contributed by atoms with Gasteiger partial charge in [0.25, 0.3) is 22.7 Å². The minimum absolute atomic E-state index is 0.0164. The van der Waals surface area contributed by atoms with Gasteiger partial charge in [0.1, 0.15) is 59.8 Å². The minimum atomic E-state index is -0.811. The van der Waals surface area contributed by atoms with Gasteiger partial charge in [-0.15, -0.1) is 30.7 Å². The molecule has 45 heteroatoms. The molecule has 0 unspecified atom stereocenters. The van der Waals surface area contributed by atoms with Crippen molar-refractivity contribution in [2.45, 2.75) is 61.3 Å². The summed E-state index contributed by atoms with van der Waals surface area (Å²) in [5.41, 5.74) is 4.20. The van der Waals surface area contributed by atoms with Gasteiger partial charge >= 0.3 is 23.6 Å². The number of methoxy groups -OCH3 is 2. The van der Waals surface area contributed by atoms with Gasteiger partial charge in [0.05, 0.1) is 141 Å². The molecule has 8 rings (SSSR count). The zero-order chi connectivity index (χ0) is 89.6. The molecule has 1 N–H and O–H groups in total. The van der Waals surface area contributed by atoms with E-state index in [4.69, 9.17) is 80.6 Å². The fourth-order valence-electron chi connectivity index (χ4n) is 10.3. The van der Waals surface area contributed by atoms with E-state index in [1.165, 1.54) is 66.2 Å². The second kappa shape index (κ2) is 50.0. The summed E-state index contributed by atoms with van der Waals surface area (Å²) in [6.07, 6.45) is 0.788. The summed E-state index contributed by atoms with van der Waals surface area (Å²) in [5.74, 6) is -0.693. The van der Waals surface area contributed by atoms with Gasteiger partial charge in [-0.1, -0.05) is 46.4 Å². The van der Waals surface area contributed by atoms with Gasteiger partial charge in [-0.2, -0.15) is 20.8 Å². The molecule has 0 spiro atoms. The fourth-order valence-corrected chi connectivity index (χ4v) is 12.7. The highest BCUT2D eigenvalue weighted by molar-refractivity contribution is 9.11. The molecule has 0 radical (unpaired) electrons. The van der Waals surface area contributed by atoms with Crippen molar-refractivity contribution in [2.75, 3.05) is 111 Å². The van der Waals surface area contributed by atoms with Crippen molar-refractivity contribution in [2.24, 2.45) is 40.9 Å². The quantitative estimate of drug-likeness (QED) is 0.0125. The van der Waals surface area contributed by atoms with Crippen molar-refractivity contribution in [1.29, 1.82) is 10.5 Å². The van der Waals surface area contributed by atoms with Crippen LogP contribution in [0.25, 0.3) is 0 Å². The molecule has 1 amide bonds. The summed E-state index contributed by atoms with van der Waals surface area (Å²) in [7, 11) is 2.96. The molecule has 0 saturated heterocycles. The SMILES string of the molecule is CC(=O)Nc1cc(N(CCOC(C)=O)CCOC(C)=O)ccc1N=Nc1ccc([N+](=O)[O-])cc1Cl.CC(=O)OCCN(CCC#N)c1ccc(N=Nc2c(Cl)cc([N+](=O)[O-])cc2Cl)cc1.CCN(CC)c1cc(OC)c(N=Nc2c(Cl)cc([N+](=O)[O-])cc2[N+](=O)[O-])cc1OC.CCN(CCC#N)c1ccc(N=Nc2c(Br)cc([N+](=O)[O-])cc2Br)cc1.